The number of carbonyl (C=O) groups excluding carboxylic acids is 1. The van der Waals surface area contributed by atoms with Crippen molar-refractivity contribution in [1.82, 2.24) is 4.90 Å². The van der Waals surface area contributed by atoms with Crippen molar-refractivity contribution in [3.8, 4) is 6.07 Å². The topological polar surface area (TPSA) is 65.7 Å². The van der Waals surface area contributed by atoms with Gasteiger partial charge in [0.1, 0.15) is 5.41 Å². The average molecular weight is 543 g/mol. The number of oxime groups is 1. The largest absolute Gasteiger partial charge is 0.435 e. The first-order valence-electron chi connectivity index (χ1n) is 10.8. The Balaban J connectivity index is 1.38. The summed E-state index contributed by atoms with van der Waals surface area (Å²) in [5, 5.41) is 13.2. The second kappa shape index (κ2) is 8.29. The molecule has 1 atom stereocenters. The Morgan fingerprint density at radius 1 is 1.09 bits per heavy atom. The molecule has 0 aromatic heterocycles. The second-order valence-corrected chi connectivity index (χ2v) is 10.3. The van der Waals surface area contributed by atoms with Gasteiger partial charge in [-0.2, -0.15) is 18.4 Å². The fourth-order valence-electron chi connectivity index (χ4n) is 4.50. The van der Waals surface area contributed by atoms with Crippen molar-refractivity contribution < 1.29 is 22.8 Å². The molecule has 0 N–H and O–H groups in total. The molecule has 0 radical (unpaired) electrons. The zero-order valence-corrected chi connectivity index (χ0v) is 20.3. The van der Waals surface area contributed by atoms with E-state index in [1.54, 1.807) is 29.2 Å². The lowest BCUT2D eigenvalue weighted by Gasteiger charge is -2.46. The Morgan fingerprint density at radius 3 is 2.20 bits per heavy atom. The highest BCUT2D eigenvalue weighted by atomic mass is 35.5. The Kier molecular flexibility index (Phi) is 5.74. The Labute approximate surface area is 214 Å². The van der Waals surface area contributed by atoms with E-state index in [4.69, 9.17) is 39.6 Å². The van der Waals surface area contributed by atoms with Crippen LogP contribution < -0.4 is 0 Å². The van der Waals surface area contributed by atoms with Crippen LogP contribution in [0.2, 0.25) is 15.1 Å². The first-order valence-corrected chi connectivity index (χ1v) is 11.9. The molecule has 182 valence electrons. The highest BCUT2D eigenvalue weighted by Crippen LogP contribution is 2.50. The molecule has 2 fully saturated rings. The van der Waals surface area contributed by atoms with E-state index in [0.29, 0.717) is 24.2 Å². The number of rotatable bonds is 4. The summed E-state index contributed by atoms with van der Waals surface area (Å²) in [7, 11) is 0. The summed E-state index contributed by atoms with van der Waals surface area (Å²) in [5.41, 5.74) is -2.71. The van der Waals surface area contributed by atoms with Crippen molar-refractivity contribution in [3.05, 3.63) is 68.2 Å². The maximum atomic E-state index is 14.3. The second-order valence-electron chi connectivity index (χ2n) is 9.12. The van der Waals surface area contributed by atoms with Crippen molar-refractivity contribution in [2.75, 3.05) is 13.1 Å². The molecule has 3 aliphatic rings. The summed E-state index contributed by atoms with van der Waals surface area (Å²) in [6, 6.07) is 11.0. The number of hydrogen-bond donors (Lipinski definition) is 0. The number of halogens is 6. The van der Waals surface area contributed by atoms with Gasteiger partial charge in [0.05, 0.1) is 26.8 Å². The molecule has 1 saturated heterocycles. The number of nitriles is 1. The van der Waals surface area contributed by atoms with Crippen molar-refractivity contribution in [2.24, 2.45) is 11.1 Å². The lowest BCUT2D eigenvalue weighted by molar-refractivity contribution is -0.275. The van der Waals surface area contributed by atoms with Crippen LogP contribution in [0.3, 0.4) is 0 Å². The zero-order chi connectivity index (χ0) is 25.2. The number of hydrogen-bond acceptors (Lipinski definition) is 4. The Morgan fingerprint density at radius 2 is 1.69 bits per heavy atom. The predicted octanol–water partition coefficient (Wildman–Crippen LogP) is 6.24. The fraction of sp³-hybridized carbons (Fsp3) is 0.375. The minimum Gasteiger partial charge on any atom is -0.374 e. The van der Waals surface area contributed by atoms with Gasteiger partial charge in [-0.3, -0.25) is 4.79 Å². The zero-order valence-electron chi connectivity index (χ0n) is 18.0. The number of carbonyl (C=O) groups is 1. The highest BCUT2D eigenvalue weighted by Gasteiger charge is 2.62. The first kappa shape index (κ1) is 24.2. The third-order valence-electron chi connectivity index (χ3n) is 6.78. The molecule has 0 spiro atoms. The smallest absolute Gasteiger partial charge is 0.374 e. The van der Waals surface area contributed by atoms with E-state index in [2.05, 4.69) is 11.2 Å². The van der Waals surface area contributed by atoms with Gasteiger partial charge in [0, 0.05) is 31.0 Å². The molecule has 2 heterocycles. The van der Waals surface area contributed by atoms with E-state index >= 15 is 0 Å². The van der Waals surface area contributed by atoms with Gasteiger partial charge in [-0.1, -0.05) is 64.2 Å². The molecule has 5 rings (SSSR count). The minimum atomic E-state index is -4.83. The van der Waals surface area contributed by atoms with Gasteiger partial charge in [0.25, 0.3) is 5.60 Å². The van der Waals surface area contributed by atoms with Crippen molar-refractivity contribution in [1.29, 1.82) is 5.26 Å². The third-order valence-corrected chi connectivity index (χ3v) is 7.98. The molecule has 5 nitrogen and oxygen atoms in total. The summed E-state index contributed by atoms with van der Waals surface area (Å²) in [5.74, 6) is 0.157. The predicted molar refractivity (Wildman–Crippen MR) is 124 cm³/mol. The van der Waals surface area contributed by atoms with Crippen LogP contribution in [0.25, 0.3) is 0 Å². The van der Waals surface area contributed by atoms with Gasteiger partial charge in [0.15, 0.2) is 0 Å². The summed E-state index contributed by atoms with van der Waals surface area (Å²) in [6.45, 7) is 0.606. The van der Waals surface area contributed by atoms with Crippen LogP contribution in [0.4, 0.5) is 13.2 Å². The Bertz CT molecular complexity index is 1260. The van der Waals surface area contributed by atoms with E-state index in [-0.39, 0.29) is 38.2 Å². The monoisotopic (exact) mass is 541 g/mol. The van der Waals surface area contributed by atoms with Gasteiger partial charge in [-0.05, 0) is 36.1 Å². The molecule has 2 aromatic carbocycles. The minimum absolute atomic E-state index is 0.0519. The van der Waals surface area contributed by atoms with Crippen LogP contribution >= 0.6 is 34.8 Å². The summed E-state index contributed by atoms with van der Waals surface area (Å²) < 4.78 is 42.8. The van der Waals surface area contributed by atoms with E-state index in [0.717, 1.165) is 25.0 Å². The molecule has 11 heteroatoms. The molecule has 2 aromatic rings. The van der Waals surface area contributed by atoms with E-state index in [1.807, 2.05) is 0 Å². The number of benzene rings is 2. The maximum Gasteiger partial charge on any atom is 0.435 e. The average Bonchev–Trinajstić information content (AvgIpc) is 3.54. The van der Waals surface area contributed by atoms with Gasteiger partial charge in [0.2, 0.25) is 5.91 Å². The van der Waals surface area contributed by atoms with Gasteiger partial charge < -0.3 is 9.74 Å². The molecule has 2 aliphatic heterocycles. The molecule has 1 amide bonds. The molecular formula is C24H17Cl3F3N3O2. The van der Waals surface area contributed by atoms with E-state index < -0.39 is 23.6 Å². The lowest BCUT2D eigenvalue weighted by atomic mass is 9.74. The molecule has 35 heavy (non-hydrogen) atoms. The van der Waals surface area contributed by atoms with Gasteiger partial charge in [-0.15, -0.1) is 0 Å². The molecule has 1 aliphatic carbocycles. The van der Waals surface area contributed by atoms with Gasteiger partial charge >= 0.3 is 6.18 Å². The third kappa shape index (κ3) is 3.94. The van der Waals surface area contributed by atoms with E-state index in [1.165, 1.54) is 0 Å². The molecule has 0 bridgehead atoms. The number of amides is 1. The summed E-state index contributed by atoms with van der Waals surface area (Å²) in [4.78, 5) is 19.0. The Hall–Kier alpha value is -2.47. The van der Waals surface area contributed by atoms with Crippen molar-refractivity contribution in [2.45, 2.75) is 36.5 Å². The van der Waals surface area contributed by atoms with Crippen molar-refractivity contribution in [3.63, 3.8) is 0 Å². The standard InChI is InChI=1S/C24H17Cl3F3N3O2/c25-17-7-16(8-18(26)20(17)27)23(24(28,29)30)9-19(32-35-23)13-3-5-15(6-4-13)22(10-31)11-33(12-22)21(34)14-1-2-14/h3-8,14H,1-2,9,11-12H2. The van der Waals surface area contributed by atoms with E-state index in [9.17, 15) is 23.2 Å². The van der Waals surface area contributed by atoms with Crippen LogP contribution in [0.15, 0.2) is 41.6 Å². The normalized spacial score (nSPS) is 23.2. The van der Waals surface area contributed by atoms with Crippen molar-refractivity contribution >= 4 is 46.4 Å². The van der Waals surface area contributed by atoms with Gasteiger partial charge in [-0.25, -0.2) is 0 Å². The first-order chi connectivity index (χ1) is 16.5. The highest BCUT2D eigenvalue weighted by molar-refractivity contribution is 6.48. The number of nitrogens with zero attached hydrogens (tertiary/aromatic N) is 3. The van der Waals surface area contributed by atoms with Crippen LogP contribution in [0.1, 0.15) is 36.0 Å². The van der Waals surface area contributed by atoms with Crippen LogP contribution in [-0.2, 0) is 20.6 Å². The summed E-state index contributed by atoms with van der Waals surface area (Å²) >= 11 is 17.9. The molecular weight excluding hydrogens is 526 g/mol. The molecule has 1 unspecified atom stereocenters. The fourth-order valence-corrected chi connectivity index (χ4v) is 5.09. The maximum absolute atomic E-state index is 14.3. The lowest BCUT2D eigenvalue weighted by Crippen LogP contribution is -2.60. The number of likely N-dealkylation sites (tertiary alicyclic amines) is 1. The molecule has 1 saturated carbocycles. The van der Waals surface area contributed by atoms with Crippen LogP contribution in [0.5, 0.6) is 0 Å². The van der Waals surface area contributed by atoms with Crippen LogP contribution in [0, 0.1) is 17.2 Å². The summed E-state index contributed by atoms with van der Waals surface area (Å²) in [6.07, 6.45) is -3.65. The SMILES string of the molecule is N#CC1(c2ccc(C3=NOC(c4cc(Cl)c(Cl)c(Cl)c4)(C(F)(F)F)C3)cc2)CN(C(=O)C2CC2)C1. The number of alkyl halides is 3. The van der Waals surface area contributed by atoms with Crippen LogP contribution in [-0.4, -0.2) is 35.8 Å². The quantitative estimate of drug-likeness (QED) is 0.430.